The molecule has 4 rings (SSSR count). The van der Waals surface area contributed by atoms with Crippen LogP contribution in [-0.4, -0.2) is 47.3 Å². The van der Waals surface area contributed by atoms with Crippen LogP contribution in [0.15, 0.2) is 79.3 Å². The highest BCUT2D eigenvalue weighted by atomic mass is 16.5. The molecule has 3 aromatic carbocycles. The van der Waals surface area contributed by atoms with Crippen LogP contribution in [0.2, 0.25) is 0 Å². The maximum absolute atomic E-state index is 13.1. The highest BCUT2D eigenvalue weighted by Crippen LogP contribution is 2.27. The van der Waals surface area contributed by atoms with Crippen molar-refractivity contribution in [1.29, 1.82) is 0 Å². The fourth-order valence-electron chi connectivity index (χ4n) is 3.63. The largest absolute Gasteiger partial charge is 0.495 e. The molecule has 0 atom stereocenters. The number of carbonyl (C=O) groups is 2. The van der Waals surface area contributed by atoms with Gasteiger partial charge in [0.1, 0.15) is 5.75 Å². The minimum absolute atomic E-state index is 0.0351. The predicted molar refractivity (Wildman–Crippen MR) is 128 cm³/mol. The zero-order valence-electron chi connectivity index (χ0n) is 19.1. The minimum Gasteiger partial charge on any atom is -0.495 e. The summed E-state index contributed by atoms with van der Waals surface area (Å²) in [5.41, 5.74) is 5.44. The Bertz CT molecular complexity index is 1300. The number of aromatic nitrogens is 2. The van der Waals surface area contributed by atoms with E-state index in [9.17, 15) is 9.59 Å². The van der Waals surface area contributed by atoms with Crippen LogP contribution >= 0.6 is 0 Å². The van der Waals surface area contributed by atoms with E-state index >= 15 is 0 Å². The highest BCUT2D eigenvalue weighted by Gasteiger charge is 2.14. The van der Waals surface area contributed by atoms with E-state index in [2.05, 4.69) is 4.98 Å². The van der Waals surface area contributed by atoms with Crippen molar-refractivity contribution in [3.05, 3.63) is 102 Å². The molecule has 0 spiro atoms. The molecule has 1 aromatic heterocycles. The zero-order chi connectivity index (χ0) is 23.5. The van der Waals surface area contributed by atoms with E-state index in [-0.39, 0.29) is 11.7 Å². The molecule has 1 heterocycles. The van der Waals surface area contributed by atoms with Crippen LogP contribution in [0, 0.1) is 6.92 Å². The quantitative estimate of drug-likeness (QED) is 0.405. The maximum Gasteiger partial charge on any atom is 0.253 e. The van der Waals surface area contributed by atoms with Gasteiger partial charge in [0.05, 0.1) is 24.8 Å². The number of amides is 1. The number of hydrogen-bond acceptors (Lipinski definition) is 4. The first-order chi connectivity index (χ1) is 15.9. The van der Waals surface area contributed by atoms with Gasteiger partial charge in [0.25, 0.3) is 5.91 Å². The molecule has 4 aromatic rings. The van der Waals surface area contributed by atoms with Crippen LogP contribution in [0.25, 0.3) is 16.8 Å². The Hall–Kier alpha value is -4.19. The van der Waals surface area contributed by atoms with E-state index in [1.54, 1.807) is 44.6 Å². The molecule has 0 radical (unpaired) electrons. The molecule has 0 aliphatic carbocycles. The first-order valence-corrected chi connectivity index (χ1v) is 10.5. The second-order valence-corrected chi connectivity index (χ2v) is 7.99. The third kappa shape index (κ3) is 4.55. The van der Waals surface area contributed by atoms with Crippen molar-refractivity contribution in [1.82, 2.24) is 14.5 Å². The fraction of sp³-hybridized carbons (Fsp3) is 0.148. The van der Waals surface area contributed by atoms with E-state index < -0.39 is 0 Å². The van der Waals surface area contributed by atoms with Crippen LogP contribution in [0.5, 0.6) is 5.75 Å². The topological polar surface area (TPSA) is 64.4 Å². The lowest BCUT2D eigenvalue weighted by molar-refractivity contribution is 0.0827. The van der Waals surface area contributed by atoms with Crippen LogP contribution in [-0.2, 0) is 0 Å². The molecule has 33 heavy (non-hydrogen) atoms. The number of ketones is 1. The summed E-state index contributed by atoms with van der Waals surface area (Å²) in [7, 11) is 5.05. The third-order valence-corrected chi connectivity index (χ3v) is 5.45. The van der Waals surface area contributed by atoms with Crippen molar-refractivity contribution < 1.29 is 14.3 Å². The number of aryl methyl sites for hydroxylation is 1. The molecular formula is C27H25N3O3. The summed E-state index contributed by atoms with van der Waals surface area (Å²) in [5, 5.41) is 0. The fourth-order valence-corrected chi connectivity index (χ4v) is 3.63. The molecule has 6 heteroatoms. The normalized spacial score (nSPS) is 10.7. The van der Waals surface area contributed by atoms with Gasteiger partial charge in [-0.2, -0.15) is 0 Å². The number of hydrogen-bond donors (Lipinski definition) is 0. The molecule has 0 unspecified atom stereocenters. The van der Waals surface area contributed by atoms with Gasteiger partial charge in [-0.05, 0) is 48.4 Å². The van der Waals surface area contributed by atoms with Crippen molar-refractivity contribution >= 4 is 11.7 Å². The molecule has 0 saturated heterocycles. The van der Waals surface area contributed by atoms with E-state index in [0.29, 0.717) is 22.4 Å². The Morgan fingerprint density at radius 1 is 0.848 bits per heavy atom. The van der Waals surface area contributed by atoms with Crippen LogP contribution < -0.4 is 4.74 Å². The molecule has 0 aliphatic heterocycles. The lowest BCUT2D eigenvalue weighted by atomic mass is 9.98. The van der Waals surface area contributed by atoms with E-state index in [0.717, 1.165) is 22.5 Å². The predicted octanol–water partition coefficient (Wildman–Crippen LogP) is 4.79. The van der Waals surface area contributed by atoms with Gasteiger partial charge in [0.15, 0.2) is 5.78 Å². The Labute approximate surface area is 193 Å². The number of benzene rings is 3. The molecule has 0 saturated carbocycles. The van der Waals surface area contributed by atoms with Crippen LogP contribution in [0.3, 0.4) is 0 Å². The van der Waals surface area contributed by atoms with Gasteiger partial charge in [-0.1, -0.05) is 36.4 Å². The number of imidazole rings is 1. The van der Waals surface area contributed by atoms with E-state index in [1.165, 1.54) is 0 Å². The van der Waals surface area contributed by atoms with Gasteiger partial charge in [-0.15, -0.1) is 0 Å². The molecule has 1 amide bonds. The Morgan fingerprint density at radius 2 is 1.42 bits per heavy atom. The van der Waals surface area contributed by atoms with E-state index in [1.807, 2.05) is 72.3 Å². The summed E-state index contributed by atoms with van der Waals surface area (Å²) < 4.78 is 7.40. The summed E-state index contributed by atoms with van der Waals surface area (Å²) >= 11 is 0. The number of rotatable bonds is 6. The van der Waals surface area contributed by atoms with Gasteiger partial charge in [-0.25, -0.2) is 4.98 Å². The van der Waals surface area contributed by atoms with Crippen molar-refractivity contribution in [2.24, 2.45) is 0 Å². The molecule has 0 bridgehead atoms. The first-order valence-electron chi connectivity index (χ1n) is 10.5. The average Bonchev–Trinajstić information content (AvgIpc) is 3.28. The molecule has 6 nitrogen and oxygen atoms in total. The molecule has 0 N–H and O–H groups in total. The summed E-state index contributed by atoms with van der Waals surface area (Å²) in [6.45, 7) is 1.92. The van der Waals surface area contributed by atoms with Gasteiger partial charge < -0.3 is 14.2 Å². The highest BCUT2D eigenvalue weighted by molar-refractivity contribution is 6.09. The van der Waals surface area contributed by atoms with Crippen LogP contribution in [0.4, 0.5) is 0 Å². The summed E-state index contributed by atoms with van der Waals surface area (Å²) in [6.07, 6.45) is 3.62. The lowest BCUT2D eigenvalue weighted by Crippen LogP contribution is -2.21. The molecule has 166 valence electrons. The van der Waals surface area contributed by atoms with Gasteiger partial charge >= 0.3 is 0 Å². The van der Waals surface area contributed by atoms with Crippen molar-refractivity contribution in [3.8, 4) is 22.6 Å². The first kappa shape index (κ1) is 22.0. The maximum atomic E-state index is 13.1. The molecular weight excluding hydrogens is 414 g/mol. The number of nitrogens with zero attached hydrogens (tertiary/aromatic N) is 3. The summed E-state index contributed by atoms with van der Waals surface area (Å²) in [5.74, 6) is 0.481. The van der Waals surface area contributed by atoms with Crippen molar-refractivity contribution in [2.45, 2.75) is 6.92 Å². The molecule has 0 aliphatic rings. The zero-order valence-corrected chi connectivity index (χ0v) is 19.1. The standard InChI is InChI=1S/C27H25N3O3/c1-18-16-30(17-28-18)24-14-13-23(15-25(24)33-4)26(31)21-9-5-19(6-10-21)20-7-11-22(12-8-20)27(32)29(2)3/h5-17H,1-4H3. The summed E-state index contributed by atoms with van der Waals surface area (Å²) in [6, 6.07) is 20.3. The van der Waals surface area contributed by atoms with Crippen molar-refractivity contribution in [2.75, 3.05) is 21.2 Å². The average molecular weight is 440 g/mol. The number of carbonyl (C=O) groups excluding carboxylic acids is 2. The number of methoxy groups -OCH3 is 1. The Kier molecular flexibility index (Phi) is 6.09. The number of ether oxygens (including phenoxy) is 1. The second-order valence-electron chi connectivity index (χ2n) is 7.99. The third-order valence-electron chi connectivity index (χ3n) is 5.45. The van der Waals surface area contributed by atoms with Gasteiger partial charge in [0, 0.05) is 37.0 Å². The van der Waals surface area contributed by atoms with E-state index in [4.69, 9.17) is 4.74 Å². The Balaban J connectivity index is 1.55. The van der Waals surface area contributed by atoms with Crippen molar-refractivity contribution in [3.63, 3.8) is 0 Å². The van der Waals surface area contributed by atoms with Gasteiger partial charge in [-0.3, -0.25) is 9.59 Å². The smallest absolute Gasteiger partial charge is 0.253 e. The second kappa shape index (κ2) is 9.12. The van der Waals surface area contributed by atoms with Crippen LogP contribution in [0.1, 0.15) is 32.0 Å². The Morgan fingerprint density at radius 3 is 1.94 bits per heavy atom. The monoisotopic (exact) mass is 439 g/mol. The lowest BCUT2D eigenvalue weighted by Gasteiger charge is -2.12. The SMILES string of the molecule is COc1cc(C(=O)c2ccc(-c3ccc(C(=O)N(C)C)cc3)cc2)ccc1-n1cnc(C)c1. The molecule has 0 fully saturated rings. The summed E-state index contributed by atoms with van der Waals surface area (Å²) in [4.78, 5) is 30.9. The van der Waals surface area contributed by atoms with Gasteiger partial charge in [0.2, 0.25) is 0 Å². The minimum atomic E-state index is -0.0832.